The maximum absolute atomic E-state index is 13.2. The first-order valence-corrected chi connectivity index (χ1v) is 17.9. The molecule has 1 aliphatic heterocycles. The molecule has 49 heavy (non-hydrogen) atoms. The van der Waals surface area contributed by atoms with E-state index in [9.17, 15) is 19.5 Å². The van der Waals surface area contributed by atoms with E-state index in [2.05, 4.69) is 28.4 Å². The Labute approximate surface area is 296 Å². The van der Waals surface area contributed by atoms with Gasteiger partial charge in [0.05, 0.1) is 17.6 Å². The largest absolute Gasteiger partial charge is 0.460 e. The van der Waals surface area contributed by atoms with Gasteiger partial charge in [-0.25, -0.2) is 0 Å². The number of hydrogen-bond acceptors (Lipinski definition) is 6. The molecule has 1 saturated carbocycles. The predicted octanol–water partition coefficient (Wildman–Crippen LogP) is 6.55. The quantitative estimate of drug-likeness (QED) is 0.134. The molecule has 2 aliphatic rings. The molecule has 1 aliphatic carbocycles. The normalized spacial score (nSPS) is 18.5. The van der Waals surface area contributed by atoms with Crippen molar-refractivity contribution in [3.05, 3.63) is 71.8 Å². The van der Waals surface area contributed by atoms with E-state index in [-0.39, 0.29) is 24.5 Å². The number of piperidine rings is 1. The maximum Gasteiger partial charge on any atom is 0.312 e. The molecule has 8 heteroatoms. The first-order valence-electron chi connectivity index (χ1n) is 17.9. The zero-order valence-corrected chi connectivity index (χ0v) is 31.1. The highest BCUT2D eigenvalue weighted by Crippen LogP contribution is 2.36. The van der Waals surface area contributed by atoms with E-state index in [0.29, 0.717) is 19.4 Å². The van der Waals surface area contributed by atoms with Gasteiger partial charge >= 0.3 is 5.97 Å². The van der Waals surface area contributed by atoms with Crippen LogP contribution in [-0.4, -0.2) is 65.6 Å². The van der Waals surface area contributed by atoms with Crippen LogP contribution in [0.2, 0.25) is 0 Å². The molecule has 2 fully saturated rings. The van der Waals surface area contributed by atoms with E-state index in [1.807, 2.05) is 95.3 Å². The third kappa shape index (κ3) is 17.0. The number of esters is 1. The molecule has 0 aromatic heterocycles. The number of fused-ring (bicyclic) bond motifs is 1. The van der Waals surface area contributed by atoms with Gasteiger partial charge in [0.2, 0.25) is 12.3 Å². The molecule has 8 nitrogen and oxygen atoms in total. The van der Waals surface area contributed by atoms with Crippen LogP contribution in [-0.2, 0) is 32.1 Å². The third-order valence-electron chi connectivity index (χ3n) is 8.79. The fourth-order valence-electron chi connectivity index (χ4n) is 6.21. The van der Waals surface area contributed by atoms with Crippen LogP contribution >= 0.6 is 0 Å². The molecule has 2 amide bonds. The number of rotatable bonds is 12. The Morgan fingerprint density at radius 3 is 2.00 bits per heavy atom. The highest BCUT2D eigenvalue weighted by atomic mass is 16.5. The van der Waals surface area contributed by atoms with Crippen LogP contribution in [0.4, 0.5) is 0 Å². The average Bonchev–Trinajstić information content (AvgIpc) is 3.09. The molecule has 1 saturated heterocycles. The van der Waals surface area contributed by atoms with Gasteiger partial charge in [0.15, 0.2) is 0 Å². The van der Waals surface area contributed by atoms with Crippen LogP contribution in [0.3, 0.4) is 0 Å². The second-order valence-corrected chi connectivity index (χ2v) is 14.4. The fraction of sp³-hybridized carbons (Fsp3) is 0.585. The molecule has 0 bridgehead atoms. The van der Waals surface area contributed by atoms with Gasteiger partial charge in [0.1, 0.15) is 6.61 Å². The number of carbonyl (C=O) groups excluding carboxylic acids is 3. The molecule has 2 aromatic rings. The van der Waals surface area contributed by atoms with Crippen molar-refractivity contribution in [2.75, 3.05) is 19.6 Å². The summed E-state index contributed by atoms with van der Waals surface area (Å²) < 4.78 is 5.51. The lowest BCUT2D eigenvalue weighted by molar-refractivity contribution is -0.157. The van der Waals surface area contributed by atoms with Gasteiger partial charge in [-0.05, 0) is 83.4 Å². The van der Waals surface area contributed by atoms with E-state index in [4.69, 9.17) is 4.74 Å². The Kier molecular flexibility index (Phi) is 20.2. The van der Waals surface area contributed by atoms with E-state index in [1.165, 1.54) is 32.1 Å². The number of hydrogen-bond donors (Lipinski definition) is 3. The highest BCUT2D eigenvalue weighted by molar-refractivity contribution is 5.85. The summed E-state index contributed by atoms with van der Waals surface area (Å²) in [6.45, 7) is 16.0. The number of aliphatic hydroxyl groups is 1. The number of ether oxygens (including phenoxy) is 1. The standard InChI is InChI=1S/C32H44N2O4.C5H11NO.C2H6.C2H2/c1-32(2,31(37)38-23-25-13-7-4-8-14-25)20-30(36)33-28(19-24-11-5-3-6-12-24)29(35)22-34-18-17-26-15-9-10-16-27(26)21-34;1-5(2,3)6-4-7;2*1-2/h3-8,11-14,26-29,35H,9-10,15-23H2,1-2H3,(H,33,36);4H,1-3H3,(H,6,7);1-2H3;1-2H/t26-,27+,28-,29+;;;/m0.../s1. The number of carbonyl (C=O) groups is 3. The number of β-amino-alcohol motifs (C(OH)–C–C–N with tert-alkyl or cyclic N) is 1. The number of nitrogens with zero attached hydrogens (tertiary/aromatic N) is 1. The van der Waals surface area contributed by atoms with Crippen LogP contribution in [0, 0.1) is 30.1 Å². The SMILES string of the molecule is C#C.CC.CC(C)(C)NC=O.CC(C)(CC(=O)N[C@@H](Cc1ccccc1)[C@H](O)CN1CC[C@@H]2CCCC[C@@H]2C1)C(=O)OCc1ccccc1. The number of benzene rings is 2. The summed E-state index contributed by atoms with van der Waals surface area (Å²) in [6, 6.07) is 19.0. The van der Waals surface area contributed by atoms with E-state index < -0.39 is 23.5 Å². The van der Waals surface area contributed by atoms with Gasteiger partial charge in [-0.2, -0.15) is 0 Å². The van der Waals surface area contributed by atoms with Crippen molar-refractivity contribution >= 4 is 18.3 Å². The minimum absolute atomic E-state index is 0.00784. The van der Waals surface area contributed by atoms with Gasteiger partial charge in [-0.1, -0.05) is 93.8 Å². The van der Waals surface area contributed by atoms with Crippen molar-refractivity contribution in [1.82, 2.24) is 15.5 Å². The first-order chi connectivity index (χ1) is 23.4. The monoisotopic (exact) mass is 677 g/mol. The lowest BCUT2D eigenvalue weighted by Crippen LogP contribution is -2.52. The molecule has 2 aromatic carbocycles. The van der Waals surface area contributed by atoms with Gasteiger partial charge in [0.25, 0.3) is 0 Å². The van der Waals surface area contributed by atoms with Crippen molar-refractivity contribution in [2.24, 2.45) is 17.3 Å². The van der Waals surface area contributed by atoms with Crippen LogP contribution in [0.5, 0.6) is 0 Å². The molecule has 4 atom stereocenters. The highest BCUT2D eigenvalue weighted by Gasteiger charge is 2.35. The summed E-state index contributed by atoms with van der Waals surface area (Å²) in [5.74, 6) is 0.903. The lowest BCUT2D eigenvalue weighted by atomic mass is 9.75. The minimum Gasteiger partial charge on any atom is -0.460 e. The van der Waals surface area contributed by atoms with E-state index in [1.54, 1.807) is 13.8 Å². The van der Waals surface area contributed by atoms with Crippen molar-refractivity contribution in [3.8, 4) is 12.8 Å². The smallest absolute Gasteiger partial charge is 0.312 e. The molecule has 4 rings (SSSR count). The summed E-state index contributed by atoms with van der Waals surface area (Å²) in [4.78, 5) is 38.1. The molecule has 272 valence electrons. The van der Waals surface area contributed by atoms with Gasteiger partial charge in [-0.15, -0.1) is 12.8 Å². The predicted molar refractivity (Wildman–Crippen MR) is 199 cm³/mol. The van der Waals surface area contributed by atoms with E-state index in [0.717, 1.165) is 36.1 Å². The minimum atomic E-state index is -0.982. The van der Waals surface area contributed by atoms with Crippen molar-refractivity contribution in [1.29, 1.82) is 0 Å². The molecular formula is C41H63N3O5. The average molecular weight is 678 g/mol. The summed E-state index contributed by atoms with van der Waals surface area (Å²) in [5.41, 5.74) is 0.917. The third-order valence-corrected chi connectivity index (χ3v) is 8.79. The second-order valence-electron chi connectivity index (χ2n) is 14.4. The zero-order chi connectivity index (χ0) is 36.9. The van der Waals surface area contributed by atoms with Crippen LogP contribution in [0.25, 0.3) is 0 Å². The molecule has 3 N–H and O–H groups in total. The van der Waals surface area contributed by atoms with Crippen LogP contribution in [0.15, 0.2) is 60.7 Å². The van der Waals surface area contributed by atoms with Crippen LogP contribution in [0.1, 0.15) is 98.1 Å². The molecule has 0 spiro atoms. The zero-order valence-electron chi connectivity index (χ0n) is 31.1. The van der Waals surface area contributed by atoms with Gasteiger partial charge < -0.3 is 25.4 Å². The topological polar surface area (TPSA) is 108 Å². The number of nitrogens with one attached hydrogen (secondary N) is 2. The van der Waals surface area contributed by atoms with Crippen LogP contribution < -0.4 is 10.6 Å². The Morgan fingerprint density at radius 1 is 0.918 bits per heavy atom. The van der Waals surface area contributed by atoms with E-state index >= 15 is 0 Å². The number of terminal acetylenes is 1. The van der Waals surface area contributed by atoms with Crippen molar-refractivity contribution in [2.45, 2.75) is 118 Å². The Balaban J connectivity index is 0.000000959. The Bertz CT molecular complexity index is 1230. The Morgan fingerprint density at radius 2 is 1.47 bits per heavy atom. The fourth-order valence-corrected chi connectivity index (χ4v) is 6.21. The summed E-state index contributed by atoms with van der Waals surface area (Å²) >= 11 is 0. The maximum atomic E-state index is 13.2. The molecule has 1 heterocycles. The number of aliphatic hydroxyl groups excluding tert-OH is 1. The van der Waals surface area contributed by atoms with Gasteiger partial charge in [-0.3, -0.25) is 14.4 Å². The second kappa shape index (κ2) is 22.9. The Hall–Kier alpha value is -3.67. The number of amides is 2. The first kappa shape index (κ1) is 43.4. The molecule has 0 unspecified atom stereocenters. The summed E-state index contributed by atoms with van der Waals surface area (Å²) in [7, 11) is 0. The van der Waals surface area contributed by atoms with Crippen molar-refractivity contribution < 1.29 is 24.2 Å². The lowest BCUT2D eigenvalue weighted by Gasteiger charge is -2.42. The molecule has 0 radical (unpaired) electrons. The van der Waals surface area contributed by atoms with Gasteiger partial charge in [0, 0.05) is 25.0 Å². The summed E-state index contributed by atoms with van der Waals surface area (Å²) in [6.07, 6.45) is 15.0. The molecular weight excluding hydrogens is 614 g/mol. The number of likely N-dealkylation sites (tertiary alicyclic amines) is 1. The van der Waals surface area contributed by atoms with Crippen molar-refractivity contribution in [3.63, 3.8) is 0 Å². The summed E-state index contributed by atoms with van der Waals surface area (Å²) in [5, 5.41) is 17.0.